The van der Waals surface area contributed by atoms with Crippen molar-refractivity contribution in [3.63, 3.8) is 0 Å². The summed E-state index contributed by atoms with van der Waals surface area (Å²) in [6.45, 7) is 5.38. The Balaban J connectivity index is 1.28. The summed E-state index contributed by atoms with van der Waals surface area (Å²) >= 11 is 1.77. The van der Waals surface area contributed by atoms with E-state index in [1.807, 2.05) is 11.0 Å². The minimum Gasteiger partial charge on any atom is -0.345 e. The van der Waals surface area contributed by atoms with Crippen LogP contribution in [-0.4, -0.2) is 42.0 Å². The molecule has 0 radical (unpaired) electrons. The molecule has 1 aliphatic carbocycles. The molecule has 29 heavy (non-hydrogen) atoms. The number of carbonyl (C=O) groups is 1. The van der Waals surface area contributed by atoms with Crippen LogP contribution in [0.4, 0.5) is 5.13 Å². The Morgan fingerprint density at radius 1 is 1.03 bits per heavy atom. The lowest BCUT2D eigenvalue weighted by molar-refractivity contribution is 0.0746. The Bertz CT molecular complexity index is 1050. The lowest BCUT2D eigenvalue weighted by Gasteiger charge is -2.34. The number of aromatic nitrogens is 1. The van der Waals surface area contributed by atoms with Crippen molar-refractivity contribution in [2.45, 2.75) is 39.0 Å². The molecule has 0 atom stereocenters. The largest absolute Gasteiger partial charge is 0.345 e. The van der Waals surface area contributed by atoms with Gasteiger partial charge in [0.2, 0.25) is 0 Å². The summed E-state index contributed by atoms with van der Waals surface area (Å²) < 4.78 is 1.26. The number of carbonyl (C=O) groups excluding carboxylic acids is 1. The van der Waals surface area contributed by atoms with E-state index in [-0.39, 0.29) is 5.91 Å². The molecule has 1 saturated heterocycles. The summed E-state index contributed by atoms with van der Waals surface area (Å²) in [6, 6.07) is 12.8. The number of rotatable bonds is 3. The highest BCUT2D eigenvalue weighted by Gasteiger charge is 2.25. The number of aryl methyl sites for hydroxylation is 3. The standard InChI is InChI=1S/C24H27N3OS/c1-2-17-8-5-9-21-22(17)25-24(29-21)27-14-12-26(13-15-27)23(28)20-11-10-18-6-3-4-7-19(18)16-20/h5,8-11,16H,2-4,6-7,12-15H2,1H3. The molecule has 1 aromatic heterocycles. The number of anilines is 1. The molecule has 2 heterocycles. The predicted molar refractivity (Wildman–Crippen MR) is 120 cm³/mol. The van der Waals surface area contributed by atoms with Crippen molar-refractivity contribution in [3.8, 4) is 0 Å². The van der Waals surface area contributed by atoms with E-state index < -0.39 is 0 Å². The van der Waals surface area contributed by atoms with Crippen LogP contribution in [0.5, 0.6) is 0 Å². The van der Waals surface area contributed by atoms with Gasteiger partial charge in [-0.3, -0.25) is 4.79 Å². The van der Waals surface area contributed by atoms with Crippen LogP contribution >= 0.6 is 11.3 Å². The van der Waals surface area contributed by atoms with Gasteiger partial charge in [0.1, 0.15) is 0 Å². The number of fused-ring (bicyclic) bond motifs is 2. The maximum absolute atomic E-state index is 13.0. The van der Waals surface area contributed by atoms with Gasteiger partial charge in [-0.15, -0.1) is 0 Å². The van der Waals surface area contributed by atoms with Gasteiger partial charge in [0, 0.05) is 31.7 Å². The number of piperazine rings is 1. The van der Waals surface area contributed by atoms with Gasteiger partial charge < -0.3 is 9.80 Å². The van der Waals surface area contributed by atoms with Gasteiger partial charge in [0.25, 0.3) is 5.91 Å². The molecular weight excluding hydrogens is 378 g/mol. The highest BCUT2D eigenvalue weighted by molar-refractivity contribution is 7.22. The SMILES string of the molecule is CCc1cccc2sc(N3CCN(C(=O)c4ccc5c(c4)CCCC5)CC3)nc12. The number of amides is 1. The molecular formula is C24H27N3OS. The van der Waals surface area contributed by atoms with Gasteiger partial charge in [-0.05, 0) is 67.0 Å². The summed E-state index contributed by atoms with van der Waals surface area (Å²) in [4.78, 5) is 22.3. The zero-order chi connectivity index (χ0) is 19.8. The van der Waals surface area contributed by atoms with Crippen molar-refractivity contribution in [2.75, 3.05) is 31.1 Å². The predicted octanol–water partition coefficient (Wildman–Crippen LogP) is 4.70. The Kier molecular flexibility index (Phi) is 5.00. The summed E-state index contributed by atoms with van der Waals surface area (Å²) in [7, 11) is 0. The average Bonchev–Trinajstić information content (AvgIpc) is 3.23. The highest BCUT2D eigenvalue weighted by Crippen LogP contribution is 2.31. The molecule has 2 aromatic carbocycles. The lowest BCUT2D eigenvalue weighted by atomic mass is 9.90. The van der Waals surface area contributed by atoms with Crippen molar-refractivity contribution in [3.05, 3.63) is 58.7 Å². The van der Waals surface area contributed by atoms with Crippen LogP contribution in [0.25, 0.3) is 10.2 Å². The number of hydrogen-bond acceptors (Lipinski definition) is 4. The fraction of sp³-hybridized carbons (Fsp3) is 0.417. The topological polar surface area (TPSA) is 36.4 Å². The molecule has 5 heteroatoms. The first-order valence-corrected chi connectivity index (χ1v) is 11.6. The summed E-state index contributed by atoms with van der Waals surface area (Å²) in [6.07, 6.45) is 5.79. The van der Waals surface area contributed by atoms with Gasteiger partial charge in [0.15, 0.2) is 5.13 Å². The molecule has 0 N–H and O–H groups in total. The van der Waals surface area contributed by atoms with Crippen LogP contribution in [-0.2, 0) is 19.3 Å². The van der Waals surface area contributed by atoms with Crippen LogP contribution in [0.15, 0.2) is 36.4 Å². The monoisotopic (exact) mass is 405 g/mol. The zero-order valence-corrected chi connectivity index (χ0v) is 17.8. The van der Waals surface area contributed by atoms with E-state index in [1.165, 1.54) is 34.2 Å². The number of hydrogen-bond donors (Lipinski definition) is 0. The quantitative estimate of drug-likeness (QED) is 0.634. The van der Waals surface area contributed by atoms with Crippen LogP contribution < -0.4 is 4.90 Å². The molecule has 2 aliphatic rings. The molecule has 4 nitrogen and oxygen atoms in total. The maximum Gasteiger partial charge on any atom is 0.253 e. The minimum absolute atomic E-state index is 0.176. The molecule has 150 valence electrons. The Morgan fingerprint density at radius 3 is 2.62 bits per heavy atom. The minimum atomic E-state index is 0.176. The smallest absolute Gasteiger partial charge is 0.253 e. The van der Waals surface area contributed by atoms with Crippen molar-refractivity contribution >= 4 is 32.6 Å². The third kappa shape index (κ3) is 3.52. The van der Waals surface area contributed by atoms with E-state index in [4.69, 9.17) is 4.98 Å². The molecule has 1 aliphatic heterocycles. The normalized spacial score (nSPS) is 16.9. The first-order chi connectivity index (χ1) is 14.2. The fourth-order valence-electron chi connectivity index (χ4n) is 4.56. The number of nitrogens with zero attached hydrogens (tertiary/aromatic N) is 3. The third-order valence-electron chi connectivity index (χ3n) is 6.31. The maximum atomic E-state index is 13.0. The number of benzene rings is 2. The molecule has 0 bridgehead atoms. The van der Waals surface area contributed by atoms with E-state index in [2.05, 4.69) is 42.2 Å². The molecule has 0 unspecified atom stereocenters. The van der Waals surface area contributed by atoms with E-state index in [1.54, 1.807) is 11.3 Å². The van der Waals surface area contributed by atoms with E-state index >= 15 is 0 Å². The molecule has 1 fully saturated rings. The van der Waals surface area contributed by atoms with Crippen LogP contribution in [0.3, 0.4) is 0 Å². The average molecular weight is 406 g/mol. The van der Waals surface area contributed by atoms with Crippen molar-refractivity contribution in [2.24, 2.45) is 0 Å². The summed E-state index contributed by atoms with van der Waals surface area (Å²) in [5, 5.41) is 1.08. The van der Waals surface area contributed by atoms with Gasteiger partial charge in [-0.1, -0.05) is 36.5 Å². The van der Waals surface area contributed by atoms with Crippen molar-refractivity contribution in [1.29, 1.82) is 0 Å². The first-order valence-electron chi connectivity index (χ1n) is 10.8. The van der Waals surface area contributed by atoms with Crippen LogP contribution in [0.1, 0.15) is 46.8 Å². The Morgan fingerprint density at radius 2 is 1.83 bits per heavy atom. The number of thiazole rings is 1. The summed E-state index contributed by atoms with van der Waals surface area (Å²) in [5.41, 5.74) is 6.11. The van der Waals surface area contributed by atoms with Gasteiger partial charge >= 0.3 is 0 Å². The van der Waals surface area contributed by atoms with Crippen molar-refractivity contribution < 1.29 is 4.79 Å². The Hall–Kier alpha value is -2.40. The van der Waals surface area contributed by atoms with E-state index in [9.17, 15) is 4.79 Å². The molecule has 5 rings (SSSR count). The second kappa shape index (κ2) is 7.79. The van der Waals surface area contributed by atoms with Gasteiger partial charge in [-0.25, -0.2) is 4.98 Å². The van der Waals surface area contributed by atoms with E-state index in [0.29, 0.717) is 0 Å². The molecule has 0 saturated carbocycles. The van der Waals surface area contributed by atoms with Crippen molar-refractivity contribution in [1.82, 2.24) is 9.88 Å². The lowest BCUT2D eigenvalue weighted by Crippen LogP contribution is -2.48. The van der Waals surface area contributed by atoms with Crippen LogP contribution in [0.2, 0.25) is 0 Å². The zero-order valence-electron chi connectivity index (χ0n) is 17.0. The number of para-hydroxylation sites is 1. The third-order valence-corrected chi connectivity index (χ3v) is 7.39. The summed E-state index contributed by atoms with van der Waals surface area (Å²) in [5.74, 6) is 0.176. The van der Waals surface area contributed by atoms with Crippen LogP contribution in [0, 0.1) is 0 Å². The van der Waals surface area contributed by atoms with Gasteiger partial charge in [-0.2, -0.15) is 0 Å². The molecule has 0 spiro atoms. The molecule has 3 aromatic rings. The van der Waals surface area contributed by atoms with Gasteiger partial charge in [0.05, 0.1) is 10.2 Å². The highest BCUT2D eigenvalue weighted by atomic mass is 32.1. The fourth-order valence-corrected chi connectivity index (χ4v) is 5.63. The second-order valence-corrected chi connectivity index (χ2v) is 9.09. The second-order valence-electron chi connectivity index (χ2n) is 8.08. The van der Waals surface area contributed by atoms with E-state index in [0.717, 1.165) is 61.7 Å². The first kappa shape index (κ1) is 18.6. The Labute approximate surface area is 176 Å². The molecule has 1 amide bonds.